The summed E-state index contributed by atoms with van der Waals surface area (Å²) in [5.74, 6) is -0.0442. The van der Waals surface area contributed by atoms with Crippen LogP contribution in [0.25, 0.3) is 0 Å². The van der Waals surface area contributed by atoms with Crippen molar-refractivity contribution in [3.8, 4) is 5.75 Å². The first-order valence-electron chi connectivity index (χ1n) is 10.0. The van der Waals surface area contributed by atoms with Crippen LogP contribution >= 0.6 is 0 Å². The summed E-state index contributed by atoms with van der Waals surface area (Å²) in [6.45, 7) is 2.07. The van der Waals surface area contributed by atoms with Crippen molar-refractivity contribution in [2.75, 3.05) is 49.3 Å². The fraction of sp³-hybridized carbons (Fsp3) is 0.381. The third-order valence-electron chi connectivity index (χ3n) is 5.14. The number of hydrogen-bond donors (Lipinski definition) is 0. The molecule has 1 heterocycles. The van der Waals surface area contributed by atoms with Crippen LogP contribution < -0.4 is 13.9 Å². The number of rotatable bonds is 8. The van der Waals surface area contributed by atoms with Gasteiger partial charge in [-0.15, -0.1) is 0 Å². The molecule has 0 spiro atoms. The molecule has 0 atom stereocenters. The minimum Gasteiger partial charge on any atom is -0.492 e. The van der Waals surface area contributed by atoms with E-state index in [2.05, 4.69) is 0 Å². The number of benzene rings is 2. The lowest BCUT2D eigenvalue weighted by Gasteiger charge is -2.26. The van der Waals surface area contributed by atoms with Gasteiger partial charge in [-0.1, -0.05) is 12.1 Å². The summed E-state index contributed by atoms with van der Waals surface area (Å²) in [6, 6.07) is 11.3. The number of amides is 1. The van der Waals surface area contributed by atoms with Crippen molar-refractivity contribution in [1.82, 2.24) is 4.31 Å². The fourth-order valence-electron chi connectivity index (χ4n) is 3.54. The molecule has 1 aliphatic heterocycles. The Labute approximate surface area is 189 Å². The molecule has 0 fully saturated rings. The average Bonchev–Trinajstić information content (AvgIpc) is 3.15. The first-order chi connectivity index (χ1) is 15.0. The van der Waals surface area contributed by atoms with Gasteiger partial charge in [0.1, 0.15) is 12.3 Å². The lowest BCUT2D eigenvalue weighted by Crippen LogP contribution is -2.42. The quantitative estimate of drug-likeness (QED) is 0.568. The van der Waals surface area contributed by atoms with Crippen molar-refractivity contribution in [2.24, 2.45) is 0 Å². The molecular formula is C21H27N3O6S2. The number of carbonyl (C=O) groups excluding carboxylic acids is 1. The number of hydrogen-bond acceptors (Lipinski definition) is 6. The largest absolute Gasteiger partial charge is 0.492 e. The third-order valence-corrected chi connectivity index (χ3v) is 8.08. The number of carbonyl (C=O) groups is 1. The Balaban J connectivity index is 1.91. The number of fused-ring (bicyclic) bond motifs is 1. The molecule has 0 aromatic heterocycles. The normalized spacial score (nSPS) is 13.8. The molecule has 0 saturated heterocycles. The number of nitrogens with zero attached hydrogens (tertiary/aromatic N) is 3. The van der Waals surface area contributed by atoms with Crippen LogP contribution in [-0.4, -0.2) is 67.1 Å². The zero-order valence-corrected chi connectivity index (χ0v) is 20.1. The summed E-state index contributed by atoms with van der Waals surface area (Å²) in [4.78, 5) is 14.8. The maximum Gasteiger partial charge on any atom is 0.247 e. The van der Waals surface area contributed by atoms with Gasteiger partial charge in [0.2, 0.25) is 26.0 Å². The van der Waals surface area contributed by atoms with E-state index in [9.17, 15) is 21.6 Å². The SMILES string of the molecule is CCOc1ccccc1N(CC(=O)N1CCc2cc(S(=O)(=O)N(C)C)ccc21)S(C)(=O)=O. The summed E-state index contributed by atoms with van der Waals surface area (Å²) < 4.78 is 57.6. The van der Waals surface area contributed by atoms with Crippen LogP contribution in [0.15, 0.2) is 47.4 Å². The van der Waals surface area contributed by atoms with E-state index in [1.165, 1.54) is 25.1 Å². The van der Waals surface area contributed by atoms with E-state index in [-0.39, 0.29) is 10.6 Å². The maximum atomic E-state index is 13.2. The molecule has 3 rings (SSSR count). The Morgan fingerprint density at radius 1 is 1.09 bits per heavy atom. The molecule has 1 amide bonds. The molecule has 0 radical (unpaired) electrons. The highest BCUT2D eigenvalue weighted by molar-refractivity contribution is 7.92. The molecule has 11 heteroatoms. The van der Waals surface area contributed by atoms with Gasteiger partial charge >= 0.3 is 0 Å². The van der Waals surface area contributed by atoms with Crippen molar-refractivity contribution in [1.29, 1.82) is 0 Å². The molecule has 2 aromatic carbocycles. The molecule has 2 aromatic rings. The summed E-state index contributed by atoms with van der Waals surface area (Å²) in [6.07, 6.45) is 1.52. The van der Waals surface area contributed by atoms with Gasteiger partial charge in [-0.25, -0.2) is 21.1 Å². The zero-order valence-electron chi connectivity index (χ0n) is 18.5. The molecule has 0 N–H and O–H groups in total. The van der Waals surface area contributed by atoms with Crippen LogP contribution in [0, 0.1) is 0 Å². The predicted molar refractivity (Wildman–Crippen MR) is 123 cm³/mol. The van der Waals surface area contributed by atoms with E-state index in [0.717, 1.165) is 20.4 Å². The summed E-state index contributed by atoms with van der Waals surface area (Å²) >= 11 is 0. The summed E-state index contributed by atoms with van der Waals surface area (Å²) in [5, 5.41) is 0. The van der Waals surface area contributed by atoms with Crippen molar-refractivity contribution < 1.29 is 26.4 Å². The first kappa shape index (κ1) is 24.0. The van der Waals surface area contributed by atoms with Gasteiger partial charge in [0.25, 0.3) is 0 Å². The number of ether oxygens (including phenoxy) is 1. The second kappa shape index (κ2) is 9.08. The van der Waals surface area contributed by atoms with E-state index in [0.29, 0.717) is 31.0 Å². The minimum absolute atomic E-state index is 0.152. The molecule has 0 unspecified atom stereocenters. The number of sulfonamides is 2. The Kier molecular flexibility index (Phi) is 6.82. The van der Waals surface area contributed by atoms with E-state index in [1.807, 2.05) is 0 Å². The van der Waals surface area contributed by atoms with E-state index < -0.39 is 32.5 Å². The standard InChI is InChI=1S/C21H27N3O6S2/c1-5-30-20-9-7-6-8-19(20)24(31(4,26)27)15-21(25)23-13-12-16-14-17(10-11-18(16)23)32(28,29)22(2)3/h6-11,14H,5,12-13,15H2,1-4H3. The molecular weight excluding hydrogens is 454 g/mol. The third kappa shape index (κ3) is 4.74. The van der Waals surface area contributed by atoms with E-state index in [4.69, 9.17) is 4.74 Å². The molecule has 0 bridgehead atoms. The smallest absolute Gasteiger partial charge is 0.247 e. The Morgan fingerprint density at radius 3 is 2.41 bits per heavy atom. The van der Waals surface area contributed by atoms with Gasteiger partial charge in [-0.3, -0.25) is 9.10 Å². The summed E-state index contributed by atoms with van der Waals surface area (Å²) in [5.41, 5.74) is 1.60. The van der Waals surface area contributed by atoms with Crippen LogP contribution in [0.3, 0.4) is 0 Å². The predicted octanol–water partition coefficient (Wildman–Crippen LogP) is 1.69. The maximum absolute atomic E-state index is 13.2. The highest BCUT2D eigenvalue weighted by atomic mass is 32.2. The van der Waals surface area contributed by atoms with Gasteiger partial charge in [0.05, 0.1) is 23.4 Å². The van der Waals surface area contributed by atoms with Crippen molar-refractivity contribution in [2.45, 2.75) is 18.2 Å². The van der Waals surface area contributed by atoms with Crippen LogP contribution in [0.2, 0.25) is 0 Å². The van der Waals surface area contributed by atoms with E-state index >= 15 is 0 Å². The molecule has 32 heavy (non-hydrogen) atoms. The monoisotopic (exact) mass is 481 g/mol. The molecule has 174 valence electrons. The second-order valence-electron chi connectivity index (χ2n) is 7.54. The first-order valence-corrected chi connectivity index (χ1v) is 13.3. The van der Waals surface area contributed by atoms with Crippen molar-refractivity contribution >= 4 is 37.3 Å². The Morgan fingerprint density at radius 2 is 1.78 bits per heavy atom. The molecule has 1 aliphatic rings. The molecule has 0 saturated carbocycles. The van der Waals surface area contributed by atoms with Crippen LogP contribution in [0.1, 0.15) is 12.5 Å². The van der Waals surface area contributed by atoms with Crippen LogP contribution in [0.5, 0.6) is 5.75 Å². The van der Waals surface area contributed by atoms with E-state index in [1.54, 1.807) is 43.3 Å². The van der Waals surface area contributed by atoms with Gasteiger partial charge < -0.3 is 9.64 Å². The molecule has 9 nitrogen and oxygen atoms in total. The van der Waals surface area contributed by atoms with Crippen LogP contribution in [-0.2, 0) is 31.3 Å². The highest BCUT2D eigenvalue weighted by Crippen LogP contribution is 2.33. The number of para-hydroxylation sites is 2. The Hall–Kier alpha value is -2.63. The van der Waals surface area contributed by atoms with Crippen molar-refractivity contribution in [3.05, 3.63) is 48.0 Å². The average molecular weight is 482 g/mol. The minimum atomic E-state index is -3.78. The van der Waals surface area contributed by atoms with Gasteiger partial charge in [-0.05, 0) is 49.2 Å². The fourth-order valence-corrected chi connectivity index (χ4v) is 5.34. The van der Waals surface area contributed by atoms with Gasteiger partial charge in [0.15, 0.2) is 0 Å². The van der Waals surface area contributed by atoms with Gasteiger partial charge in [0, 0.05) is 26.3 Å². The summed E-state index contributed by atoms with van der Waals surface area (Å²) in [7, 11) is -4.45. The van der Waals surface area contributed by atoms with Crippen LogP contribution in [0.4, 0.5) is 11.4 Å². The molecule has 0 aliphatic carbocycles. The second-order valence-corrected chi connectivity index (χ2v) is 11.6. The topological polar surface area (TPSA) is 104 Å². The Bertz CT molecular complexity index is 1230. The number of anilines is 2. The highest BCUT2D eigenvalue weighted by Gasteiger charge is 2.31. The lowest BCUT2D eigenvalue weighted by molar-refractivity contribution is -0.117. The van der Waals surface area contributed by atoms with Crippen molar-refractivity contribution in [3.63, 3.8) is 0 Å². The lowest BCUT2D eigenvalue weighted by atomic mass is 10.2. The van der Waals surface area contributed by atoms with Gasteiger partial charge in [-0.2, -0.15) is 0 Å². The zero-order chi connectivity index (χ0) is 23.7.